The molecule has 0 spiro atoms. The van der Waals surface area contributed by atoms with Crippen molar-refractivity contribution < 1.29 is 17.9 Å². The van der Waals surface area contributed by atoms with Crippen LogP contribution in [0.3, 0.4) is 0 Å². The largest absolute Gasteiger partial charge is 0.365 e. The molecular formula is C18H19ClN2O4S2. The van der Waals surface area contributed by atoms with Gasteiger partial charge in [0.05, 0.1) is 5.69 Å². The van der Waals surface area contributed by atoms with Gasteiger partial charge in [-0.1, -0.05) is 11.6 Å². The fraction of sp³-hybridized carbons (Fsp3) is 0.444. The second kappa shape index (κ2) is 6.72. The number of nitrogens with zero attached hydrogens (tertiary/aromatic N) is 1. The first-order valence-corrected chi connectivity index (χ1v) is 11.6. The molecule has 4 atom stereocenters. The molecular weight excluding hydrogens is 408 g/mol. The van der Waals surface area contributed by atoms with E-state index >= 15 is 0 Å². The second-order valence-electron chi connectivity index (χ2n) is 7.17. The number of sulfonamides is 1. The summed E-state index contributed by atoms with van der Waals surface area (Å²) in [5.74, 6) is 0.251. The number of nitrogens with one attached hydrogen (secondary N) is 1. The fourth-order valence-electron chi connectivity index (χ4n) is 3.88. The molecule has 3 heterocycles. The van der Waals surface area contributed by atoms with Gasteiger partial charge in [0.1, 0.15) is 23.9 Å². The minimum atomic E-state index is -3.69. The van der Waals surface area contributed by atoms with Crippen molar-refractivity contribution in [2.45, 2.75) is 35.5 Å². The quantitative estimate of drug-likeness (QED) is 0.796. The standard InChI is InChI=1S/C18H19ClN2O4S2/c19-12-1-2-15(21-7-16-17(8-21)25-10-24-16)18(5-12)27(22,23)20-14-6-13(14)11-3-4-26-9-11/h1-5,9,13-14,16-17,20H,6-8,10H2/t13-,14+,16-,17+/m0/s1. The number of fused-ring (bicyclic) bond motifs is 1. The number of anilines is 1. The van der Waals surface area contributed by atoms with Crippen LogP contribution in [-0.2, 0) is 19.5 Å². The zero-order chi connectivity index (χ0) is 18.6. The van der Waals surface area contributed by atoms with E-state index in [1.807, 2.05) is 10.3 Å². The minimum absolute atomic E-state index is 0.0180. The van der Waals surface area contributed by atoms with Gasteiger partial charge in [0.2, 0.25) is 10.0 Å². The molecule has 3 aliphatic rings. The Labute approximate surface area is 167 Å². The Morgan fingerprint density at radius 1 is 1.19 bits per heavy atom. The summed E-state index contributed by atoms with van der Waals surface area (Å²) >= 11 is 7.76. The lowest BCUT2D eigenvalue weighted by Gasteiger charge is -2.22. The molecule has 2 saturated heterocycles. The number of rotatable bonds is 5. The maximum Gasteiger partial charge on any atom is 0.242 e. The topological polar surface area (TPSA) is 67.9 Å². The number of benzene rings is 1. The summed E-state index contributed by atoms with van der Waals surface area (Å²) in [5.41, 5.74) is 1.84. The van der Waals surface area contributed by atoms with Crippen LogP contribution in [0.5, 0.6) is 0 Å². The van der Waals surface area contributed by atoms with E-state index in [0.29, 0.717) is 30.6 Å². The van der Waals surface area contributed by atoms with Gasteiger partial charge in [-0.05, 0) is 47.0 Å². The Kier molecular flexibility index (Phi) is 4.46. The highest BCUT2D eigenvalue weighted by Gasteiger charge is 2.43. The molecule has 2 aliphatic heterocycles. The van der Waals surface area contributed by atoms with Crippen LogP contribution in [0.15, 0.2) is 39.9 Å². The van der Waals surface area contributed by atoms with Gasteiger partial charge >= 0.3 is 0 Å². The van der Waals surface area contributed by atoms with Gasteiger partial charge in [0.25, 0.3) is 0 Å². The van der Waals surface area contributed by atoms with Gasteiger partial charge in [-0.2, -0.15) is 11.3 Å². The van der Waals surface area contributed by atoms with E-state index in [9.17, 15) is 8.42 Å². The van der Waals surface area contributed by atoms with Crippen LogP contribution in [-0.4, -0.2) is 46.6 Å². The van der Waals surface area contributed by atoms with Gasteiger partial charge < -0.3 is 14.4 Å². The summed E-state index contributed by atoms with van der Waals surface area (Å²) in [4.78, 5) is 2.22. The number of thiophene rings is 1. The second-order valence-corrected chi connectivity index (χ2v) is 10.1. The fourth-order valence-corrected chi connectivity index (χ4v) is 6.38. The lowest BCUT2D eigenvalue weighted by atomic mass is 10.2. The third-order valence-electron chi connectivity index (χ3n) is 5.40. The summed E-state index contributed by atoms with van der Waals surface area (Å²) in [7, 11) is -3.69. The first-order valence-electron chi connectivity index (χ1n) is 8.83. The third kappa shape index (κ3) is 3.39. The molecule has 5 rings (SSSR count). The van der Waals surface area contributed by atoms with Crippen molar-refractivity contribution >= 4 is 38.6 Å². The average molecular weight is 427 g/mol. The first kappa shape index (κ1) is 17.9. The van der Waals surface area contributed by atoms with E-state index in [1.165, 1.54) is 11.6 Å². The smallest absolute Gasteiger partial charge is 0.242 e. The zero-order valence-electron chi connectivity index (χ0n) is 14.4. The molecule has 1 aromatic carbocycles. The van der Waals surface area contributed by atoms with Gasteiger partial charge in [-0.15, -0.1) is 0 Å². The van der Waals surface area contributed by atoms with Crippen LogP contribution in [0.25, 0.3) is 0 Å². The summed E-state index contributed by atoms with van der Waals surface area (Å²) in [5, 5.41) is 4.49. The molecule has 6 nitrogen and oxygen atoms in total. The van der Waals surface area contributed by atoms with Crippen molar-refractivity contribution in [2.75, 3.05) is 24.8 Å². The van der Waals surface area contributed by atoms with Crippen molar-refractivity contribution in [3.05, 3.63) is 45.6 Å². The van der Waals surface area contributed by atoms with E-state index < -0.39 is 10.0 Å². The van der Waals surface area contributed by atoms with Crippen molar-refractivity contribution in [1.82, 2.24) is 4.72 Å². The Morgan fingerprint density at radius 3 is 2.67 bits per heavy atom. The predicted molar refractivity (Wildman–Crippen MR) is 104 cm³/mol. The molecule has 144 valence electrons. The van der Waals surface area contributed by atoms with Gasteiger partial charge in [-0.3, -0.25) is 0 Å². The van der Waals surface area contributed by atoms with Gasteiger partial charge in [0, 0.05) is 30.1 Å². The summed E-state index contributed by atoms with van der Waals surface area (Å²) in [6.45, 7) is 1.52. The maximum absolute atomic E-state index is 13.1. The zero-order valence-corrected chi connectivity index (χ0v) is 16.8. The highest BCUT2D eigenvalue weighted by atomic mass is 35.5. The number of hydrogen-bond acceptors (Lipinski definition) is 6. The third-order valence-corrected chi connectivity index (χ3v) is 7.86. The van der Waals surface area contributed by atoms with E-state index in [2.05, 4.69) is 16.2 Å². The SMILES string of the molecule is O=S(=O)(N[C@@H]1C[C@H]1c1ccsc1)c1cc(Cl)ccc1N1C[C@@H]2OCO[C@@H]2C1. The number of ether oxygens (including phenoxy) is 2. The molecule has 27 heavy (non-hydrogen) atoms. The lowest BCUT2D eigenvalue weighted by Crippen LogP contribution is -2.30. The van der Waals surface area contributed by atoms with Gasteiger partial charge in [-0.25, -0.2) is 13.1 Å². The predicted octanol–water partition coefficient (Wildman–Crippen LogP) is 2.80. The first-order chi connectivity index (χ1) is 13.0. The van der Waals surface area contributed by atoms with Crippen molar-refractivity contribution in [2.24, 2.45) is 0 Å². The maximum atomic E-state index is 13.1. The van der Waals surface area contributed by atoms with E-state index in [1.54, 1.807) is 23.5 Å². The highest BCUT2D eigenvalue weighted by molar-refractivity contribution is 7.89. The van der Waals surface area contributed by atoms with Crippen molar-refractivity contribution in [3.8, 4) is 0 Å². The Balaban J connectivity index is 1.39. The Hall–Kier alpha value is -1.16. The molecule has 2 aromatic rings. The van der Waals surface area contributed by atoms with Crippen molar-refractivity contribution in [3.63, 3.8) is 0 Å². The highest BCUT2D eigenvalue weighted by Crippen LogP contribution is 2.43. The monoisotopic (exact) mass is 426 g/mol. The molecule has 0 amide bonds. The van der Waals surface area contributed by atoms with Crippen LogP contribution < -0.4 is 9.62 Å². The van der Waals surface area contributed by atoms with Crippen LogP contribution in [0.1, 0.15) is 17.9 Å². The minimum Gasteiger partial charge on any atom is -0.365 e. The number of halogens is 1. The van der Waals surface area contributed by atoms with Crippen LogP contribution >= 0.6 is 22.9 Å². The summed E-state index contributed by atoms with van der Waals surface area (Å²) < 4.78 is 40.2. The van der Waals surface area contributed by atoms with E-state index in [4.69, 9.17) is 21.1 Å². The lowest BCUT2D eigenvalue weighted by molar-refractivity contribution is 0.0352. The van der Waals surface area contributed by atoms with Crippen LogP contribution in [0, 0.1) is 0 Å². The van der Waals surface area contributed by atoms with Gasteiger partial charge in [0.15, 0.2) is 0 Å². The Morgan fingerprint density at radius 2 is 1.96 bits per heavy atom. The van der Waals surface area contributed by atoms with E-state index in [-0.39, 0.29) is 29.1 Å². The molecule has 1 saturated carbocycles. The molecule has 1 aliphatic carbocycles. The molecule has 1 aromatic heterocycles. The summed E-state index contributed by atoms with van der Waals surface area (Å²) in [6.07, 6.45) is 0.785. The molecule has 3 fully saturated rings. The number of hydrogen-bond donors (Lipinski definition) is 1. The molecule has 0 bridgehead atoms. The normalized spacial score (nSPS) is 29.9. The summed E-state index contributed by atoms with van der Waals surface area (Å²) in [6, 6.07) is 6.99. The average Bonchev–Trinajstić information content (AvgIpc) is 3.05. The van der Waals surface area contributed by atoms with Crippen molar-refractivity contribution in [1.29, 1.82) is 0 Å². The molecule has 0 radical (unpaired) electrons. The molecule has 0 unspecified atom stereocenters. The Bertz CT molecular complexity index is 938. The molecule has 9 heteroatoms. The van der Waals surface area contributed by atoms with E-state index in [0.717, 1.165) is 6.42 Å². The van der Waals surface area contributed by atoms with Crippen LogP contribution in [0.2, 0.25) is 5.02 Å². The van der Waals surface area contributed by atoms with Crippen LogP contribution in [0.4, 0.5) is 5.69 Å². The molecule has 1 N–H and O–H groups in total.